The van der Waals surface area contributed by atoms with Crippen LogP contribution in [-0.4, -0.2) is 9.97 Å². The van der Waals surface area contributed by atoms with E-state index in [0.717, 1.165) is 6.20 Å². The molecule has 3 nitrogen and oxygen atoms in total. The molecule has 0 bridgehead atoms. The normalized spacial score (nSPS) is 9.60. The first kappa shape index (κ1) is 9.28. The number of halogens is 1. The molecule has 4 heteroatoms. The van der Waals surface area contributed by atoms with Crippen molar-refractivity contribution < 1.29 is 4.39 Å². The van der Waals surface area contributed by atoms with Crippen LogP contribution in [0.5, 0.6) is 0 Å². The van der Waals surface area contributed by atoms with E-state index in [2.05, 4.69) is 9.97 Å². The summed E-state index contributed by atoms with van der Waals surface area (Å²) >= 11 is 0. The second kappa shape index (κ2) is 3.84. The van der Waals surface area contributed by atoms with Crippen molar-refractivity contribution >= 4 is 0 Å². The van der Waals surface area contributed by atoms with Crippen LogP contribution in [0.4, 0.5) is 4.39 Å². The van der Waals surface area contributed by atoms with Crippen molar-refractivity contribution in [2.45, 2.75) is 0 Å². The molecule has 0 aromatic carbocycles. The minimum Gasteiger partial charge on any atom is -0.253 e. The molecule has 2 rings (SSSR count). The predicted molar refractivity (Wildman–Crippen MR) is 52.1 cm³/mol. The average Bonchev–Trinajstić information content (AvgIpc) is 2.30. The van der Waals surface area contributed by atoms with Crippen molar-refractivity contribution in [1.82, 2.24) is 9.97 Å². The lowest BCUT2D eigenvalue weighted by molar-refractivity contribution is 0.622. The first-order valence-electron chi connectivity index (χ1n) is 4.27. The van der Waals surface area contributed by atoms with Gasteiger partial charge in [-0.05, 0) is 24.3 Å². The summed E-state index contributed by atoms with van der Waals surface area (Å²) in [6, 6.07) is 8.16. The molecule has 72 valence electrons. The molecule has 15 heavy (non-hydrogen) atoms. The summed E-state index contributed by atoms with van der Waals surface area (Å²) in [5.74, 6) is -0.382. The van der Waals surface area contributed by atoms with E-state index >= 15 is 0 Å². The molecular formula is C11H6FN3. The monoisotopic (exact) mass is 199 g/mol. The molecule has 0 aliphatic carbocycles. The van der Waals surface area contributed by atoms with Gasteiger partial charge >= 0.3 is 0 Å². The first-order valence-corrected chi connectivity index (χ1v) is 4.27. The van der Waals surface area contributed by atoms with Crippen LogP contribution in [0.3, 0.4) is 0 Å². The molecule has 0 saturated heterocycles. The highest BCUT2D eigenvalue weighted by molar-refractivity contribution is 5.54. The molecule has 0 saturated carbocycles. The van der Waals surface area contributed by atoms with Crippen LogP contribution in [0.25, 0.3) is 11.4 Å². The Balaban J connectivity index is 2.38. The molecule has 0 aliphatic rings. The molecular weight excluding hydrogens is 193 g/mol. The molecule has 2 heterocycles. The predicted octanol–water partition coefficient (Wildman–Crippen LogP) is 2.15. The van der Waals surface area contributed by atoms with Gasteiger partial charge in [0.1, 0.15) is 11.9 Å². The fourth-order valence-electron chi connectivity index (χ4n) is 1.14. The summed E-state index contributed by atoms with van der Waals surface area (Å²) < 4.78 is 12.6. The second-order valence-electron chi connectivity index (χ2n) is 2.91. The molecule has 0 radical (unpaired) electrons. The summed E-state index contributed by atoms with van der Waals surface area (Å²) in [6.07, 6.45) is 2.59. The van der Waals surface area contributed by atoms with Gasteiger partial charge in [-0.1, -0.05) is 0 Å². The smallest absolute Gasteiger partial charge is 0.141 e. The Labute approximate surface area is 85.9 Å². The number of nitriles is 1. The van der Waals surface area contributed by atoms with Crippen LogP contribution in [0.15, 0.2) is 36.7 Å². The Morgan fingerprint density at radius 3 is 2.13 bits per heavy atom. The number of pyridine rings is 2. The van der Waals surface area contributed by atoms with Crippen molar-refractivity contribution in [2.75, 3.05) is 0 Å². The Morgan fingerprint density at radius 2 is 1.67 bits per heavy atom. The van der Waals surface area contributed by atoms with E-state index in [1.54, 1.807) is 18.2 Å². The zero-order valence-electron chi connectivity index (χ0n) is 7.68. The maximum atomic E-state index is 12.6. The van der Waals surface area contributed by atoms with Crippen LogP contribution < -0.4 is 0 Å². The number of hydrogen-bond acceptors (Lipinski definition) is 3. The molecule has 2 aromatic heterocycles. The molecule has 0 atom stereocenters. The van der Waals surface area contributed by atoms with Crippen molar-refractivity contribution in [3.63, 3.8) is 0 Å². The number of hydrogen-bond donors (Lipinski definition) is 0. The van der Waals surface area contributed by atoms with E-state index < -0.39 is 0 Å². The van der Waals surface area contributed by atoms with Crippen LogP contribution in [0.1, 0.15) is 5.56 Å². The highest BCUT2D eigenvalue weighted by atomic mass is 19.1. The fraction of sp³-hybridized carbons (Fsp3) is 0. The van der Waals surface area contributed by atoms with E-state index in [9.17, 15) is 4.39 Å². The molecule has 0 N–H and O–H groups in total. The van der Waals surface area contributed by atoms with Crippen molar-refractivity contribution in [3.05, 3.63) is 48.0 Å². The number of aromatic nitrogens is 2. The lowest BCUT2D eigenvalue weighted by Gasteiger charge is -1.98. The Bertz CT molecular complexity index is 497. The van der Waals surface area contributed by atoms with Gasteiger partial charge in [0.2, 0.25) is 0 Å². The van der Waals surface area contributed by atoms with E-state index in [0.29, 0.717) is 17.0 Å². The standard InChI is InChI=1S/C11H6FN3/c12-9-2-4-11(15-7-9)10-3-1-8(5-13)6-14-10/h1-4,6-7H. The van der Waals surface area contributed by atoms with Crippen LogP contribution in [0, 0.1) is 17.1 Å². The fourth-order valence-corrected chi connectivity index (χ4v) is 1.14. The summed E-state index contributed by atoms with van der Waals surface area (Å²) in [6.45, 7) is 0. The van der Waals surface area contributed by atoms with Crippen LogP contribution in [-0.2, 0) is 0 Å². The Hall–Kier alpha value is -2.28. The maximum Gasteiger partial charge on any atom is 0.141 e. The second-order valence-corrected chi connectivity index (χ2v) is 2.91. The van der Waals surface area contributed by atoms with E-state index in [1.807, 2.05) is 6.07 Å². The van der Waals surface area contributed by atoms with Gasteiger partial charge < -0.3 is 0 Å². The summed E-state index contributed by atoms with van der Waals surface area (Å²) in [7, 11) is 0. The molecule has 0 spiro atoms. The van der Waals surface area contributed by atoms with Gasteiger partial charge in [-0.3, -0.25) is 9.97 Å². The van der Waals surface area contributed by atoms with Crippen molar-refractivity contribution in [2.24, 2.45) is 0 Å². The third kappa shape index (κ3) is 1.97. The lowest BCUT2D eigenvalue weighted by atomic mass is 10.2. The third-order valence-electron chi connectivity index (χ3n) is 1.88. The Kier molecular flexibility index (Phi) is 2.38. The van der Waals surface area contributed by atoms with Crippen LogP contribution >= 0.6 is 0 Å². The van der Waals surface area contributed by atoms with Gasteiger partial charge in [0, 0.05) is 6.20 Å². The van der Waals surface area contributed by atoms with Crippen LogP contribution in [0.2, 0.25) is 0 Å². The molecule has 0 unspecified atom stereocenters. The SMILES string of the molecule is N#Cc1ccc(-c2ccc(F)cn2)nc1. The zero-order valence-corrected chi connectivity index (χ0v) is 7.68. The highest BCUT2D eigenvalue weighted by Crippen LogP contribution is 2.13. The maximum absolute atomic E-state index is 12.6. The van der Waals surface area contributed by atoms with Gasteiger partial charge in [0.05, 0.1) is 23.1 Å². The quantitative estimate of drug-likeness (QED) is 0.707. The molecule has 2 aromatic rings. The summed E-state index contributed by atoms with van der Waals surface area (Å²) in [4.78, 5) is 7.93. The summed E-state index contributed by atoms with van der Waals surface area (Å²) in [5, 5.41) is 8.58. The van der Waals surface area contributed by atoms with E-state index in [-0.39, 0.29) is 5.82 Å². The topological polar surface area (TPSA) is 49.6 Å². The van der Waals surface area contributed by atoms with Crippen molar-refractivity contribution in [3.8, 4) is 17.5 Å². The number of nitrogens with zero attached hydrogens (tertiary/aromatic N) is 3. The molecule has 0 fully saturated rings. The van der Waals surface area contributed by atoms with Gasteiger partial charge in [0.25, 0.3) is 0 Å². The van der Waals surface area contributed by atoms with Crippen molar-refractivity contribution in [1.29, 1.82) is 5.26 Å². The lowest BCUT2D eigenvalue weighted by Crippen LogP contribution is -1.88. The van der Waals surface area contributed by atoms with Gasteiger partial charge in [-0.2, -0.15) is 5.26 Å². The van der Waals surface area contributed by atoms with Gasteiger partial charge in [-0.25, -0.2) is 4.39 Å². The zero-order chi connectivity index (χ0) is 10.7. The largest absolute Gasteiger partial charge is 0.253 e. The molecule has 0 aliphatic heterocycles. The minimum atomic E-state index is -0.382. The highest BCUT2D eigenvalue weighted by Gasteiger charge is 2.00. The third-order valence-corrected chi connectivity index (χ3v) is 1.88. The number of rotatable bonds is 1. The van der Waals surface area contributed by atoms with Gasteiger partial charge in [-0.15, -0.1) is 0 Å². The van der Waals surface area contributed by atoms with E-state index in [1.165, 1.54) is 12.3 Å². The first-order chi connectivity index (χ1) is 7.29. The van der Waals surface area contributed by atoms with Gasteiger partial charge in [0.15, 0.2) is 0 Å². The minimum absolute atomic E-state index is 0.382. The Morgan fingerprint density at radius 1 is 1.00 bits per heavy atom. The summed E-state index contributed by atoms with van der Waals surface area (Å²) in [5.41, 5.74) is 1.69. The molecule has 0 amide bonds. The average molecular weight is 199 g/mol. The van der Waals surface area contributed by atoms with E-state index in [4.69, 9.17) is 5.26 Å².